The van der Waals surface area contributed by atoms with Gasteiger partial charge in [0.15, 0.2) is 0 Å². The van der Waals surface area contributed by atoms with Crippen LogP contribution in [0.4, 0.5) is 0 Å². The summed E-state index contributed by atoms with van der Waals surface area (Å²) in [6.07, 6.45) is 43.5. The van der Waals surface area contributed by atoms with Gasteiger partial charge in [0.1, 0.15) is 28.7 Å². The predicted octanol–water partition coefficient (Wildman–Crippen LogP) is 25.0. The van der Waals surface area contributed by atoms with E-state index < -0.39 is 0 Å². The highest BCUT2D eigenvalue weighted by Crippen LogP contribution is 2.21. The van der Waals surface area contributed by atoms with Crippen LogP contribution in [0.1, 0.15) is 250 Å². The molecule has 0 saturated carbocycles. The molecule has 5 heterocycles. The number of aryl methyl sites for hydroxylation is 15. The van der Waals surface area contributed by atoms with E-state index in [1.165, 1.54) is 155 Å². The van der Waals surface area contributed by atoms with Crippen LogP contribution in [0.5, 0.6) is 28.7 Å². The van der Waals surface area contributed by atoms with Crippen LogP contribution in [0.2, 0.25) is 0 Å². The van der Waals surface area contributed by atoms with Crippen LogP contribution in [0.15, 0.2) is 213 Å². The van der Waals surface area contributed by atoms with E-state index in [0.717, 1.165) is 177 Å². The fourth-order valence-corrected chi connectivity index (χ4v) is 12.3. The summed E-state index contributed by atoms with van der Waals surface area (Å²) in [5.74, 6) is 4.84. The molecule has 0 atom stereocenters. The number of aromatic nitrogens is 5. The summed E-state index contributed by atoms with van der Waals surface area (Å²) in [6, 6.07) is 64.1. The van der Waals surface area contributed by atoms with Gasteiger partial charge in [0, 0.05) is 59.5 Å². The first kappa shape index (κ1) is 89.7. The quantitative estimate of drug-likeness (QED) is 0.0342. The molecule has 10 heteroatoms. The van der Waals surface area contributed by atoms with Crippen molar-refractivity contribution in [2.75, 3.05) is 33.0 Å². The third-order valence-electron chi connectivity index (χ3n) is 18.9. The minimum Gasteiger partial charge on any atom is -0.494 e. The summed E-state index contributed by atoms with van der Waals surface area (Å²) < 4.78 is 28.3. The highest BCUT2D eigenvalue weighted by Gasteiger charge is 2.07. The number of nitrogens with zero attached hydrogens (tertiary/aromatic N) is 5. The van der Waals surface area contributed by atoms with Gasteiger partial charge in [0.25, 0.3) is 0 Å². The van der Waals surface area contributed by atoms with Crippen molar-refractivity contribution >= 4 is 0 Å². The molecule has 0 bridgehead atoms. The summed E-state index contributed by atoms with van der Waals surface area (Å²) in [6.45, 7) is 25.7. The van der Waals surface area contributed by atoms with Gasteiger partial charge in [-0.05, 0) is 276 Å². The first-order chi connectivity index (χ1) is 54.1. The Morgan fingerprint density at radius 3 is 0.609 bits per heavy atom. The fourth-order valence-electron chi connectivity index (χ4n) is 12.3. The maximum atomic E-state index is 5.79. The first-order valence-corrected chi connectivity index (χ1v) is 42.4. The Morgan fingerprint density at radius 1 is 0.173 bits per heavy atom. The monoisotopic (exact) mass is 1490 g/mol. The van der Waals surface area contributed by atoms with Crippen LogP contribution in [0, 0.1) is 0 Å². The van der Waals surface area contributed by atoms with E-state index in [4.69, 9.17) is 23.7 Å². The van der Waals surface area contributed by atoms with Crippen molar-refractivity contribution in [1.29, 1.82) is 0 Å². The zero-order valence-electron chi connectivity index (χ0n) is 69.2. The van der Waals surface area contributed by atoms with Gasteiger partial charge >= 0.3 is 0 Å². The van der Waals surface area contributed by atoms with Crippen molar-refractivity contribution in [1.82, 2.24) is 24.9 Å². The normalized spacial score (nSPS) is 10.6. The molecule has 5 aromatic heterocycles. The third kappa shape index (κ3) is 39.0. The molecular formula is C100H135N5O5. The van der Waals surface area contributed by atoms with Crippen LogP contribution in [-0.4, -0.2) is 58.0 Å². The lowest BCUT2D eigenvalue weighted by Crippen LogP contribution is -1.98. The Morgan fingerprint density at radius 2 is 0.391 bits per heavy atom. The lowest BCUT2D eigenvalue weighted by Gasteiger charge is -2.07. The highest BCUT2D eigenvalue weighted by atomic mass is 16.5. The van der Waals surface area contributed by atoms with Crippen molar-refractivity contribution < 1.29 is 23.7 Å². The van der Waals surface area contributed by atoms with Crippen LogP contribution < -0.4 is 23.7 Å². The zero-order valence-corrected chi connectivity index (χ0v) is 69.2. The van der Waals surface area contributed by atoms with E-state index in [0.29, 0.717) is 6.61 Å². The van der Waals surface area contributed by atoms with Gasteiger partial charge in [-0.2, -0.15) is 0 Å². The lowest BCUT2D eigenvalue weighted by molar-refractivity contribution is 0.305. The third-order valence-corrected chi connectivity index (χ3v) is 18.9. The fraction of sp³-hybridized carbons (Fsp3) is 0.450. The van der Waals surface area contributed by atoms with E-state index in [9.17, 15) is 0 Å². The molecule has 10 nitrogen and oxygen atoms in total. The van der Waals surface area contributed by atoms with E-state index in [-0.39, 0.29) is 0 Å². The molecule has 0 fully saturated rings. The number of ether oxygens (including phenoxy) is 5. The Kier molecular flexibility index (Phi) is 46.5. The molecule has 10 rings (SSSR count). The number of hydrogen-bond donors (Lipinski definition) is 0. The molecule has 0 amide bonds. The Bertz CT molecular complexity index is 3800. The molecule has 110 heavy (non-hydrogen) atoms. The second-order valence-electron chi connectivity index (χ2n) is 28.7. The highest BCUT2D eigenvalue weighted by molar-refractivity contribution is 5.33. The molecule has 5 aromatic carbocycles. The summed E-state index contributed by atoms with van der Waals surface area (Å²) in [4.78, 5) is 22.8. The van der Waals surface area contributed by atoms with Gasteiger partial charge in [-0.15, -0.1) is 0 Å². The molecule has 0 aliphatic carbocycles. The number of pyridine rings is 5. The average Bonchev–Trinajstić information content (AvgIpc) is 0.907. The largest absolute Gasteiger partial charge is 0.494 e. The smallest absolute Gasteiger partial charge is 0.119 e. The van der Waals surface area contributed by atoms with Crippen molar-refractivity contribution in [3.05, 3.63) is 297 Å². The van der Waals surface area contributed by atoms with Gasteiger partial charge in [0.2, 0.25) is 0 Å². The van der Waals surface area contributed by atoms with Crippen LogP contribution in [0.3, 0.4) is 0 Å². The van der Waals surface area contributed by atoms with Crippen molar-refractivity contribution in [3.8, 4) is 28.7 Å². The van der Waals surface area contributed by atoms with E-state index in [1.54, 1.807) is 0 Å². The summed E-state index contributed by atoms with van der Waals surface area (Å²) in [7, 11) is 0. The van der Waals surface area contributed by atoms with Crippen molar-refractivity contribution in [2.24, 2.45) is 0 Å². The Balaban J connectivity index is 0.000000215. The van der Waals surface area contributed by atoms with E-state index >= 15 is 0 Å². The number of unbranched alkanes of at least 4 members (excludes halogenated alkanes) is 6. The van der Waals surface area contributed by atoms with Crippen molar-refractivity contribution in [2.45, 2.75) is 262 Å². The Hall–Kier alpha value is -9.15. The van der Waals surface area contributed by atoms with Gasteiger partial charge in [-0.1, -0.05) is 224 Å². The number of rotatable bonds is 45. The molecule has 0 radical (unpaired) electrons. The van der Waals surface area contributed by atoms with Crippen LogP contribution in [0.25, 0.3) is 0 Å². The average molecular weight is 1490 g/mol. The molecular weight excluding hydrogens is 1350 g/mol. The summed E-state index contributed by atoms with van der Waals surface area (Å²) in [5, 5.41) is 0. The molecule has 0 unspecified atom stereocenters. The first-order valence-electron chi connectivity index (χ1n) is 42.4. The molecule has 0 N–H and O–H groups in total. The molecule has 0 spiro atoms. The molecule has 0 aliphatic heterocycles. The minimum absolute atomic E-state index is 0.716. The second kappa shape index (κ2) is 57.0. The standard InChI is InChI=1S/C22H31NO.C21H29NO.C20H27NO.C19H25NO.C18H23NO/c1-3-5-6-7-17-24-22-15-11-19(12-16-22)9-13-21-14-10-20(8-4-2)18-23-21;1-3-5-6-16-23-21-14-10-18(11-15-21)8-12-20-13-9-19(7-4-2)17-22-20;1-3-5-15-22-20-13-9-17(10-14-20)7-11-19-12-8-18(6-4-2)16-21-19;1-3-5-17-7-11-18(20-15-17)10-6-16-8-12-19(13-9-16)21-14-4-2;1-3-5-16-7-11-17(19-14-16)10-6-15-8-12-18(13-9-15)20-4-2/h10-12,14-16,18H,3-9,13,17H2,1-2H3;9-11,13-15,17H,3-8,12,16H2,1-2H3;8-10,12-14,16H,3-7,11,15H2,1-2H3;7-9,11-13,15H,3-6,10,14H2,1-2H3;7-9,11-14H,3-6,10H2,1-2H3. The van der Waals surface area contributed by atoms with Gasteiger partial charge in [-0.25, -0.2) is 0 Å². The number of benzene rings is 5. The van der Waals surface area contributed by atoms with Gasteiger partial charge in [0.05, 0.1) is 33.0 Å². The topological polar surface area (TPSA) is 111 Å². The van der Waals surface area contributed by atoms with Gasteiger partial charge < -0.3 is 23.7 Å². The minimum atomic E-state index is 0.716. The van der Waals surface area contributed by atoms with E-state index in [2.05, 4.69) is 257 Å². The Labute approximate surface area is 665 Å². The van der Waals surface area contributed by atoms with Crippen molar-refractivity contribution in [3.63, 3.8) is 0 Å². The van der Waals surface area contributed by atoms with Crippen LogP contribution in [-0.2, 0) is 96.3 Å². The molecule has 590 valence electrons. The summed E-state index contributed by atoms with van der Waals surface area (Å²) in [5.41, 5.74) is 19.2. The molecule has 0 aliphatic rings. The second-order valence-corrected chi connectivity index (χ2v) is 28.7. The maximum absolute atomic E-state index is 5.79. The van der Waals surface area contributed by atoms with E-state index in [1.807, 2.05) is 50.0 Å². The predicted molar refractivity (Wildman–Crippen MR) is 462 cm³/mol. The summed E-state index contributed by atoms with van der Waals surface area (Å²) >= 11 is 0. The van der Waals surface area contributed by atoms with Gasteiger partial charge in [-0.3, -0.25) is 24.9 Å². The SMILES string of the molecule is CCCCCCOc1ccc(CCc2ccc(CCC)cn2)cc1.CCCCCOc1ccc(CCc2ccc(CCC)cn2)cc1.CCCCOc1ccc(CCc2ccc(CCC)cn2)cc1.CCCOc1ccc(CCc2ccc(CCC)cn2)cc1.CCCc1ccc(CCc2ccc(OCC)cc2)nc1. The zero-order chi connectivity index (χ0) is 78.1. The number of hydrogen-bond acceptors (Lipinski definition) is 10. The molecule has 10 aromatic rings. The van der Waals surface area contributed by atoms with Crippen LogP contribution >= 0.6 is 0 Å². The lowest BCUT2D eigenvalue weighted by atomic mass is 10.1. The maximum Gasteiger partial charge on any atom is 0.119 e. The molecule has 0 saturated heterocycles.